The molecule has 0 amide bonds. The van der Waals surface area contributed by atoms with E-state index in [9.17, 15) is 0 Å². The predicted octanol–water partition coefficient (Wildman–Crippen LogP) is 2.38. The monoisotopic (exact) mass is 244 g/mol. The molecule has 1 aromatic heterocycles. The zero-order chi connectivity index (χ0) is 13.0. The zero-order valence-electron chi connectivity index (χ0n) is 11.3. The number of benzene rings is 1. The molecule has 18 heavy (non-hydrogen) atoms. The second kappa shape index (κ2) is 5.78. The Hall–Kier alpha value is -1.68. The first-order valence-electron chi connectivity index (χ1n) is 6.41. The van der Waals surface area contributed by atoms with E-state index in [-0.39, 0.29) is 0 Å². The van der Waals surface area contributed by atoms with Gasteiger partial charge < -0.3 is 5.32 Å². The molecule has 0 unspecified atom stereocenters. The molecule has 96 valence electrons. The van der Waals surface area contributed by atoms with Crippen LogP contribution in [0.3, 0.4) is 0 Å². The van der Waals surface area contributed by atoms with Crippen LogP contribution in [0.25, 0.3) is 5.69 Å². The third-order valence-corrected chi connectivity index (χ3v) is 3.10. The van der Waals surface area contributed by atoms with E-state index >= 15 is 0 Å². The van der Waals surface area contributed by atoms with Crippen molar-refractivity contribution in [2.24, 2.45) is 0 Å². The molecule has 1 aromatic carbocycles. The van der Waals surface area contributed by atoms with Crippen molar-refractivity contribution in [1.82, 2.24) is 20.3 Å². The van der Waals surface area contributed by atoms with E-state index in [0.29, 0.717) is 0 Å². The first-order valence-corrected chi connectivity index (χ1v) is 6.41. The summed E-state index contributed by atoms with van der Waals surface area (Å²) in [6.07, 6.45) is 3.12. The molecule has 0 saturated carbocycles. The highest BCUT2D eigenvalue weighted by Crippen LogP contribution is 2.16. The van der Waals surface area contributed by atoms with Crippen LogP contribution in [0.4, 0.5) is 0 Å². The molecule has 0 aliphatic carbocycles. The van der Waals surface area contributed by atoms with Crippen LogP contribution < -0.4 is 5.32 Å². The highest BCUT2D eigenvalue weighted by Gasteiger charge is 2.06. The van der Waals surface area contributed by atoms with Gasteiger partial charge in [0.2, 0.25) is 0 Å². The summed E-state index contributed by atoms with van der Waals surface area (Å²) in [4.78, 5) is 0. The van der Waals surface area contributed by atoms with Crippen LogP contribution >= 0.6 is 0 Å². The molecule has 0 spiro atoms. The molecule has 0 bridgehead atoms. The average Bonchev–Trinajstić information content (AvgIpc) is 2.82. The lowest BCUT2D eigenvalue weighted by molar-refractivity contribution is 0.662. The van der Waals surface area contributed by atoms with E-state index < -0.39 is 0 Å². The summed E-state index contributed by atoms with van der Waals surface area (Å²) < 4.78 is 1.85. The maximum atomic E-state index is 4.19. The maximum absolute atomic E-state index is 4.19. The Bertz CT molecular complexity index is 516. The smallest absolute Gasteiger partial charge is 0.0969 e. The summed E-state index contributed by atoms with van der Waals surface area (Å²) in [6.45, 7) is 8.16. The van der Waals surface area contributed by atoms with Gasteiger partial charge in [-0.3, -0.25) is 0 Å². The van der Waals surface area contributed by atoms with Gasteiger partial charge in [0.15, 0.2) is 0 Å². The number of nitrogens with one attached hydrogen (secondary N) is 1. The average molecular weight is 244 g/mol. The van der Waals surface area contributed by atoms with Crippen molar-refractivity contribution in [2.45, 2.75) is 33.7 Å². The minimum atomic E-state index is 0.776. The van der Waals surface area contributed by atoms with Gasteiger partial charge in [-0.05, 0) is 44.0 Å². The van der Waals surface area contributed by atoms with E-state index in [1.807, 2.05) is 16.9 Å². The lowest BCUT2D eigenvalue weighted by atomic mass is 10.1. The maximum Gasteiger partial charge on any atom is 0.0969 e. The summed E-state index contributed by atoms with van der Waals surface area (Å²) in [5, 5.41) is 11.7. The molecule has 0 radical (unpaired) electrons. The summed E-state index contributed by atoms with van der Waals surface area (Å²) in [5.74, 6) is 0. The molecule has 0 atom stereocenters. The minimum absolute atomic E-state index is 0.776. The number of aromatic nitrogens is 3. The quantitative estimate of drug-likeness (QED) is 0.821. The minimum Gasteiger partial charge on any atom is -0.311 e. The molecule has 4 heteroatoms. The van der Waals surface area contributed by atoms with Crippen LogP contribution in [0.15, 0.2) is 24.4 Å². The Morgan fingerprint density at radius 3 is 2.89 bits per heavy atom. The van der Waals surface area contributed by atoms with Gasteiger partial charge >= 0.3 is 0 Å². The molecule has 0 saturated heterocycles. The SMILES string of the molecule is CCCNCc1cn(-c2cccc(C)c2C)nn1. The third-order valence-electron chi connectivity index (χ3n) is 3.10. The second-order valence-corrected chi connectivity index (χ2v) is 4.55. The third kappa shape index (κ3) is 2.76. The number of rotatable bonds is 5. The Kier molecular flexibility index (Phi) is 4.10. The highest BCUT2D eigenvalue weighted by molar-refractivity contribution is 5.43. The molecular formula is C14H20N4. The normalized spacial score (nSPS) is 10.8. The van der Waals surface area contributed by atoms with E-state index in [1.54, 1.807) is 0 Å². The van der Waals surface area contributed by atoms with Gasteiger partial charge in [-0.2, -0.15) is 0 Å². The Balaban J connectivity index is 2.16. The fourth-order valence-electron chi connectivity index (χ4n) is 1.87. The zero-order valence-corrected chi connectivity index (χ0v) is 11.3. The fourth-order valence-corrected chi connectivity index (χ4v) is 1.87. The van der Waals surface area contributed by atoms with Crippen LogP contribution in [0.1, 0.15) is 30.2 Å². The molecule has 0 aliphatic rings. The lowest BCUT2D eigenvalue weighted by Crippen LogP contribution is -2.13. The fraction of sp³-hybridized carbons (Fsp3) is 0.429. The number of hydrogen-bond acceptors (Lipinski definition) is 3. The van der Waals surface area contributed by atoms with Crippen LogP contribution in [0.2, 0.25) is 0 Å². The Morgan fingerprint density at radius 2 is 2.11 bits per heavy atom. The van der Waals surface area contributed by atoms with Crippen LogP contribution in [-0.4, -0.2) is 21.5 Å². The van der Waals surface area contributed by atoms with E-state index in [4.69, 9.17) is 0 Å². The van der Waals surface area contributed by atoms with E-state index in [0.717, 1.165) is 30.9 Å². The molecule has 4 nitrogen and oxygen atoms in total. The molecular weight excluding hydrogens is 224 g/mol. The molecule has 1 heterocycles. The molecule has 2 aromatic rings. The summed E-state index contributed by atoms with van der Waals surface area (Å²) in [6, 6.07) is 6.23. The summed E-state index contributed by atoms with van der Waals surface area (Å²) in [5.41, 5.74) is 4.60. The summed E-state index contributed by atoms with van der Waals surface area (Å²) in [7, 11) is 0. The van der Waals surface area contributed by atoms with Crippen molar-refractivity contribution in [3.63, 3.8) is 0 Å². The lowest BCUT2D eigenvalue weighted by Gasteiger charge is -2.06. The number of nitrogens with zero attached hydrogens (tertiary/aromatic N) is 3. The van der Waals surface area contributed by atoms with Crippen LogP contribution in [0, 0.1) is 13.8 Å². The second-order valence-electron chi connectivity index (χ2n) is 4.55. The number of hydrogen-bond donors (Lipinski definition) is 1. The largest absolute Gasteiger partial charge is 0.311 e. The first kappa shape index (κ1) is 12.8. The van der Waals surface area contributed by atoms with Crippen LogP contribution in [0.5, 0.6) is 0 Å². The first-order chi connectivity index (χ1) is 8.72. The molecule has 1 N–H and O–H groups in total. The van der Waals surface area contributed by atoms with Gasteiger partial charge in [-0.15, -0.1) is 5.10 Å². The highest BCUT2D eigenvalue weighted by atomic mass is 15.4. The van der Waals surface area contributed by atoms with Crippen LogP contribution in [-0.2, 0) is 6.54 Å². The molecule has 2 rings (SSSR count). The molecule has 0 aliphatic heterocycles. The van der Waals surface area contributed by atoms with Gasteiger partial charge in [0.05, 0.1) is 17.6 Å². The topological polar surface area (TPSA) is 42.7 Å². The van der Waals surface area contributed by atoms with Gasteiger partial charge in [0, 0.05) is 6.54 Å². The van der Waals surface area contributed by atoms with Gasteiger partial charge in [0.1, 0.15) is 0 Å². The van der Waals surface area contributed by atoms with Crippen molar-refractivity contribution in [3.05, 3.63) is 41.2 Å². The summed E-state index contributed by atoms with van der Waals surface area (Å²) >= 11 is 0. The standard InChI is InChI=1S/C14H20N4/c1-4-8-15-9-13-10-18(17-16-13)14-7-5-6-11(2)12(14)3/h5-7,10,15H,4,8-9H2,1-3H3. The van der Waals surface area contributed by atoms with Crippen molar-refractivity contribution in [2.75, 3.05) is 6.54 Å². The van der Waals surface area contributed by atoms with Crippen molar-refractivity contribution in [3.8, 4) is 5.69 Å². The Morgan fingerprint density at radius 1 is 1.28 bits per heavy atom. The predicted molar refractivity (Wildman–Crippen MR) is 72.8 cm³/mol. The molecule has 0 fully saturated rings. The van der Waals surface area contributed by atoms with Crippen molar-refractivity contribution >= 4 is 0 Å². The van der Waals surface area contributed by atoms with Gasteiger partial charge in [-0.1, -0.05) is 24.3 Å². The number of aryl methyl sites for hydroxylation is 1. The van der Waals surface area contributed by atoms with Gasteiger partial charge in [-0.25, -0.2) is 4.68 Å². The van der Waals surface area contributed by atoms with Crippen molar-refractivity contribution in [1.29, 1.82) is 0 Å². The van der Waals surface area contributed by atoms with E-state index in [1.165, 1.54) is 11.1 Å². The Labute approximate surface area is 108 Å². The van der Waals surface area contributed by atoms with Gasteiger partial charge in [0.25, 0.3) is 0 Å². The van der Waals surface area contributed by atoms with E-state index in [2.05, 4.69) is 48.5 Å². The van der Waals surface area contributed by atoms with Crippen molar-refractivity contribution < 1.29 is 0 Å².